The number of aromatic nitrogens is 6. The molecule has 4 aromatic rings. The third-order valence-corrected chi connectivity index (χ3v) is 10.6. The van der Waals surface area contributed by atoms with E-state index in [0.717, 1.165) is 25.8 Å². The maximum atomic E-state index is 14.5. The van der Waals surface area contributed by atoms with Crippen LogP contribution in [0.4, 0.5) is 8.78 Å². The summed E-state index contributed by atoms with van der Waals surface area (Å²) in [5, 5.41) is 13.4. The van der Waals surface area contributed by atoms with Gasteiger partial charge >= 0.3 is 207 Å². The summed E-state index contributed by atoms with van der Waals surface area (Å²) in [5.41, 5.74) is 2.39. The molecule has 0 radical (unpaired) electrons. The zero-order valence-corrected chi connectivity index (χ0v) is 21.1. The van der Waals surface area contributed by atoms with Crippen LogP contribution in [0.2, 0.25) is 0 Å². The summed E-state index contributed by atoms with van der Waals surface area (Å²) >= 11 is -0.116. The number of hydrogen-bond acceptors (Lipinski definition) is 5. The molecule has 2 aliphatic rings. The molecule has 0 unspecified atom stereocenters. The molecule has 2 atom stereocenters. The third kappa shape index (κ3) is 2.91. The van der Waals surface area contributed by atoms with Gasteiger partial charge in [-0.15, -0.1) is 0 Å². The molecule has 1 saturated heterocycles. The number of benzene rings is 1. The van der Waals surface area contributed by atoms with Gasteiger partial charge < -0.3 is 0 Å². The van der Waals surface area contributed by atoms with Crippen molar-refractivity contribution in [2.24, 2.45) is 5.41 Å². The van der Waals surface area contributed by atoms with E-state index in [2.05, 4.69) is 40.2 Å². The van der Waals surface area contributed by atoms with Crippen molar-refractivity contribution in [3.63, 3.8) is 0 Å². The molecule has 1 aliphatic heterocycles. The van der Waals surface area contributed by atoms with E-state index in [1.165, 1.54) is 18.2 Å². The Labute approximate surface area is 206 Å². The summed E-state index contributed by atoms with van der Waals surface area (Å²) in [5.74, 6) is 0.352. The van der Waals surface area contributed by atoms with E-state index < -0.39 is 17.0 Å². The molecule has 1 aromatic carbocycles. The number of halogens is 3. The molecule has 0 spiro atoms. The predicted octanol–water partition coefficient (Wildman–Crippen LogP) is 1.22. The van der Waals surface area contributed by atoms with Crippen LogP contribution in [0.3, 0.4) is 0 Å². The molecule has 6 nitrogen and oxygen atoms in total. The molecular formula is C25H22F2IN6-. The van der Waals surface area contributed by atoms with Crippen LogP contribution in [0.15, 0.2) is 48.8 Å². The van der Waals surface area contributed by atoms with Crippen LogP contribution >= 0.6 is 0 Å². The Kier molecular flexibility index (Phi) is 4.84. The van der Waals surface area contributed by atoms with E-state index in [0.29, 0.717) is 11.6 Å². The number of nitrogens with zero attached hydrogens (tertiary/aromatic N) is 6. The van der Waals surface area contributed by atoms with Crippen molar-refractivity contribution >= 4 is 0 Å². The molecule has 6 rings (SSSR count). The average molecular weight is 571 g/mol. The Morgan fingerprint density at radius 1 is 1.06 bits per heavy atom. The van der Waals surface area contributed by atoms with E-state index in [4.69, 9.17) is 4.98 Å². The van der Waals surface area contributed by atoms with E-state index in [1.807, 2.05) is 25.1 Å². The number of rotatable bonds is 3. The van der Waals surface area contributed by atoms with Crippen molar-refractivity contribution in [2.45, 2.75) is 32.1 Å². The van der Waals surface area contributed by atoms with Crippen molar-refractivity contribution in [3.05, 3.63) is 83.2 Å². The first kappa shape index (κ1) is 21.7. The van der Waals surface area contributed by atoms with Gasteiger partial charge in [-0.3, -0.25) is 0 Å². The maximum absolute atomic E-state index is 14.5. The second kappa shape index (κ2) is 7.59. The summed E-state index contributed by atoms with van der Waals surface area (Å²) < 4.78 is 32.8. The standard InChI is InChI=1S/C25H22F2IN6/c1-14-29-13-34(33-14)21-9-5-8-20(30-21)25-12-28-11-16(24(25,2)3)15-10-19(31-32-23(15)25)22-17(26)6-4-7-18(22)27/h4-10,13,16H,11-12H2,1-3H3/q-1/t16-,25-/m0/s1. The van der Waals surface area contributed by atoms with Gasteiger partial charge in [-0.1, -0.05) is 0 Å². The molecule has 4 heterocycles. The van der Waals surface area contributed by atoms with Crippen molar-refractivity contribution in [3.8, 4) is 17.1 Å². The van der Waals surface area contributed by atoms with Gasteiger partial charge in [0.25, 0.3) is 0 Å². The van der Waals surface area contributed by atoms with E-state index in [9.17, 15) is 8.78 Å². The molecule has 0 N–H and O–H groups in total. The SMILES string of the molecule is Cc1ncn(-c2cccc([C@@]34C[I-]C[C@@H](c5cc(-c6c(F)cccc6F)nnc53)C4(C)C)n2)n1. The Bertz CT molecular complexity index is 1410. The second-order valence-corrected chi connectivity index (χ2v) is 12.1. The van der Waals surface area contributed by atoms with Gasteiger partial charge in [-0.2, -0.15) is 0 Å². The average Bonchev–Trinajstić information content (AvgIpc) is 3.25. The van der Waals surface area contributed by atoms with Crippen LogP contribution in [-0.4, -0.2) is 38.8 Å². The number of fused-ring (bicyclic) bond motifs is 5. The van der Waals surface area contributed by atoms with Gasteiger partial charge in [-0.25, -0.2) is 0 Å². The van der Waals surface area contributed by atoms with Crippen LogP contribution < -0.4 is 21.2 Å². The first-order valence-electron chi connectivity index (χ1n) is 11.0. The summed E-state index contributed by atoms with van der Waals surface area (Å²) in [6, 6.07) is 11.7. The fraction of sp³-hybridized carbons (Fsp3) is 0.320. The van der Waals surface area contributed by atoms with Gasteiger partial charge in [-0.05, 0) is 0 Å². The summed E-state index contributed by atoms with van der Waals surface area (Å²) in [6.45, 7) is 6.37. The molecule has 9 heteroatoms. The third-order valence-electron chi connectivity index (χ3n) is 7.36. The van der Waals surface area contributed by atoms with Gasteiger partial charge in [0.05, 0.1) is 0 Å². The van der Waals surface area contributed by atoms with E-state index >= 15 is 0 Å². The topological polar surface area (TPSA) is 69.4 Å². The van der Waals surface area contributed by atoms with Crippen molar-refractivity contribution in [1.82, 2.24) is 29.9 Å². The fourth-order valence-corrected chi connectivity index (χ4v) is 10.5. The minimum atomic E-state index is -0.630. The molecule has 3 aromatic heterocycles. The monoisotopic (exact) mass is 571 g/mol. The van der Waals surface area contributed by atoms with Crippen LogP contribution in [-0.2, 0) is 5.41 Å². The number of pyridine rings is 1. The molecule has 174 valence electrons. The Morgan fingerprint density at radius 3 is 2.56 bits per heavy atom. The molecule has 34 heavy (non-hydrogen) atoms. The number of hydrogen-bond donors (Lipinski definition) is 0. The molecular weight excluding hydrogens is 549 g/mol. The zero-order valence-electron chi connectivity index (χ0n) is 18.9. The predicted molar refractivity (Wildman–Crippen MR) is 118 cm³/mol. The summed E-state index contributed by atoms with van der Waals surface area (Å²) in [6.07, 6.45) is 1.67. The number of aryl methyl sites for hydroxylation is 1. The quantitative estimate of drug-likeness (QED) is 0.274. The van der Waals surface area contributed by atoms with Crippen molar-refractivity contribution in [1.29, 1.82) is 0 Å². The fourth-order valence-electron chi connectivity index (χ4n) is 5.44. The molecule has 1 fully saturated rings. The molecule has 0 amide bonds. The van der Waals surface area contributed by atoms with Gasteiger partial charge in [0, 0.05) is 0 Å². The van der Waals surface area contributed by atoms with Crippen LogP contribution in [0.25, 0.3) is 17.1 Å². The minimum absolute atomic E-state index is 0.116. The van der Waals surface area contributed by atoms with Crippen molar-refractivity contribution in [2.75, 3.05) is 8.86 Å². The van der Waals surface area contributed by atoms with E-state index in [1.54, 1.807) is 11.0 Å². The van der Waals surface area contributed by atoms with Gasteiger partial charge in [0.15, 0.2) is 0 Å². The van der Waals surface area contributed by atoms with E-state index in [-0.39, 0.29) is 43.8 Å². The van der Waals surface area contributed by atoms with Crippen molar-refractivity contribution < 1.29 is 30.0 Å². The second-order valence-electron chi connectivity index (χ2n) is 9.40. The zero-order chi connectivity index (χ0) is 23.7. The Hall–Kier alpha value is -2.82. The summed E-state index contributed by atoms with van der Waals surface area (Å²) in [4.78, 5) is 9.28. The molecule has 0 saturated carbocycles. The Balaban J connectivity index is 1.55. The van der Waals surface area contributed by atoms with Gasteiger partial charge in [0.1, 0.15) is 0 Å². The first-order chi connectivity index (χ1) is 16.3. The summed E-state index contributed by atoms with van der Waals surface area (Å²) in [7, 11) is 0. The molecule has 2 bridgehead atoms. The normalized spacial score (nSPS) is 22.8. The van der Waals surface area contributed by atoms with Crippen LogP contribution in [0, 0.1) is 24.0 Å². The Morgan fingerprint density at radius 2 is 1.82 bits per heavy atom. The molecule has 1 aliphatic carbocycles. The van der Waals surface area contributed by atoms with Crippen LogP contribution in [0.1, 0.15) is 42.5 Å². The van der Waals surface area contributed by atoms with Crippen LogP contribution in [0.5, 0.6) is 0 Å². The number of alkyl halides is 2. The first-order valence-corrected chi connectivity index (χ1v) is 14.1. The van der Waals surface area contributed by atoms with Gasteiger partial charge in [0.2, 0.25) is 0 Å².